The van der Waals surface area contributed by atoms with E-state index in [9.17, 15) is 8.78 Å². The van der Waals surface area contributed by atoms with Gasteiger partial charge in [-0.05, 0) is 43.0 Å². The first kappa shape index (κ1) is 18.7. The number of hydrogen-bond donors (Lipinski definition) is 1. The van der Waals surface area contributed by atoms with Crippen LogP contribution in [0.25, 0.3) is 11.5 Å². The third-order valence-electron chi connectivity index (χ3n) is 6.58. The Morgan fingerprint density at radius 3 is 2.61 bits per heavy atom. The van der Waals surface area contributed by atoms with Gasteiger partial charge in [0.25, 0.3) is 5.89 Å². The molecule has 2 atom stereocenters. The summed E-state index contributed by atoms with van der Waals surface area (Å²) in [6, 6.07) is 15.5. The Bertz CT molecular complexity index is 1110. The van der Waals surface area contributed by atoms with E-state index in [1.54, 1.807) is 6.07 Å². The Balaban J connectivity index is 1.16. The predicted octanol–water partition coefficient (Wildman–Crippen LogP) is 4.63. The second kappa shape index (κ2) is 6.75. The van der Waals surface area contributed by atoms with Crippen molar-refractivity contribution in [3.05, 3.63) is 59.9 Å². The molecule has 1 aromatic heterocycles. The van der Waals surface area contributed by atoms with Gasteiger partial charge in [0.1, 0.15) is 0 Å². The van der Waals surface area contributed by atoms with Crippen molar-refractivity contribution in [2.75, 3.05) is 6.54 Å². The first-order valence-electron chi connectivity index (χ1n) is 10.5. The summed E-state index contributed by atoms with van der Waals surface area (Å²) in [4.78, 5) is 4.61. The molecule has 31 heavy (non-hydrogen) atoms. The molecule has 0 radical (unpaired) electrons. The van der Waals surface area contributed by atoms with Crippen LogP contribution in [0.4, 0.5) is 8.78 Å². The zero-order valence-electron chi connectivity index (χ0n) is 16.7. The lowest BCUT2D eigenvalue weighted by Gasteiger charge is -2.39. The molecule has 2 aromatic carbocycles. The number of rotatable bonds is 6. The zero-order valence-corrected chi connectivity index (χ0v) is 16.7. The van der Waals surface area contributed by atoms with Crippen molar-refractivity contribution >= 4 is 0 Å². The second-order valence-electron chi connectivity index (χ2n) is 8.63. The van der Waals surface area contributed by atoms with Crippen LogP contribution in [0.5, 0.6) is 11.5 Å². The number of nitrogens with one attached hydrogen (secondary N) is 1. The van der Waals surface area contributed by atoms with E-state index < -0.39 is 6.29 Å². The maximum atomic E-state index is 13.3. The average molecular weight is 425 g/mol. The summed E-state index contributed by atoms with van der Waals surface area (Å²) in [5.41, 5.74) is 1.75. The molecule has 3 aromatic rings. The minimum absolute atomic E-state index is 0.00874. The Kier molecular flexibility index (Phi) is 4.08. The van der Waals surface area contributed by atoms with E-state index in [1.165, 1.54) is 17.7 Å². The molecule has 0 saturated heterocycles. The van der Waals surface area contributed by atoms with Gasteiger partial charge in [0.2, 0.25) is 0 Å². The molecule has 0 amide bonds. The van der Waals surface area contributed by atoms with E-state index in [0.29, 0.717) is 23.3 Å². The summed E-state index contributed by atoms with van der Waals surface area (Å²) < 4.78 is 41.0. The van der Waals surface area contributed by atoms with Crippen LogP contribution in [0, 0.1) is 0 Å². The average Bonchev–Trinajstić information content (AvgIpc) is 3.20. The van der Waals surface area contributed by atoms with Gasteiger partial charge in [-0.25, -0.2) is 0 Å². The van der Waals surface area contributed by atoms with Crippen LogP contribution in [-0.2, 0) is 5.41 Å². The van der Waals surface area contributed by atoms with Crippen molar-refractivity contribution < 1.29 is 22.8 Å². The Labute approximate surface area is 177 Å². The normalized spacial score (nSPS) is 24.6. The second-order valence-corrected chi connectivity index (χ2v) is 8.63. The highest BCUT2D eigenvalue weighted by atomic mass is 19.3. The van der Waals surface area contributed by atoms with Gasteiger partial charge >= 0.3 is 6.29 Å². The van der Waals surface area contributed by atoms with E-state index in [2.05, 4.69) is 49.2 Å². The minimum atomic E-state index is -3.65. The third kappa shape index (κ3) is 3.35. The number of nitrogens with zero attached hydrogens (tertiary/aromatic N) is 2. The fourth-order valence-corrected chi connectivity index (χ4v) is 4.54. The van der Waals surface area contributed by atoms with Crippen LogP contribution in [0.2, 0.25) is 0 Å². The molecule has 2 saturated carbocycles. The Hall–Kier alpha value is -3.00. The first-order chi connectivity index (χ1) is 15.0. The molecular formula is C23H21F2N3O3. The number of alkyl halides is 2. The number of benzene rings is 2. The summed E-state index contributed by atoms with van der Waals surface area (Å²) in [6.45, 7) is 0.799. The van der Waals surface area contributed by atoms with Crippen molar-refractivity contribution in [1.82, 2.24) is 15.5 Å². The number of hydrogen-bond acceptors (Lipinski definition) is 6. The standard InChI is InChI=1S/C23H21F2N3O3/c24-23(25)29-18-8-7-15(11-19(18)30-23)20-27-21(28-31-20)22(9-4-10-22)13-26-17-12-16(17)14-5-2-1-3-6-14/h1-3,5-8,11,16-17,26H,4,9-10,12-13H2/t16?,17-/m0/s1. The van der Waals surface area contributed by atoms with Crippen LogP contribution >= 0.6 is 0 Å². The van der Waals surface area contributed by atoms with Crippen LogP contribution in [0.15, 0.2) is 53.1 Å². The molecular weight excluding hydrogens is 404 g/mol. The van der Waals surface area contributed by atoms with Crippen molar-refractivity contribution in [3.63, 3.8) is 0 Å². The predicted molar refractivity (Wildman–Crippen MR) is 107 cm³/mol. The van der Waals surface area contributed by atoms with Crippen molar-refractivity contribution in [3.8, 4) is 23.0 Å². The fourth-order valence-electron chi connectivity index (χ4n) is 4.54. The van der Waals surface area contributed by atoms with Crippen LogP contribution in [-0.4, -0.2) is 29.0 Å². The molecule has 6 rings (SSSR count). The molecule has 1 N–H and O–H groups in total. The first-order valence-corrected chi connectivity index (χ1v) is 10.5. The molecule has 160 valence electrons. The van der Waals surface area contributed by atoms with Crippen LogP contribution in [0.1, 0.15) is 43.0 Å². The highest BCUT2D eigenvalue weighted by molar-refractivity contribution is 5.60. The van der Waals surface area contributed by atoms with Gasteiger partial charge in [-0.1, -0.05) is 41.9 Å². The van der Waals surface area contributed by atoms with Crippen LogP contribution < -0.4 is 14.8 Å². The molecule has 2 heterocycles. The van der Waals surface area contributed by atoms with Gasteiger partial charge in [-0.15, -0.1) is 8.78 Å². The Morgan fingerprint density at radius 1 is 1.03 bits per heavy atom. The molecule has 3 aliphatic rings. The molecule has 2 fully saturated rings. The summed E-state index contributed by atoms with van der Waals surface area (Å²) in [6.07, 6.45) is 0.601. The SMILES string of the molecule is FC1(F)Oc2ccc(-c3nc(C4(CN[C@H]5CC5c5ccccc5)CCC4)no3)cc2O1. The fraction of sp³-hybridized carbons (Fsp3) is 0.391. The van der Waals surface area contributed by atoms with Crippen LogP contribution in [0.3, 0.4) is 0 Å². The van der Waals surface area contributed by atoms with Gasteiger partial charge in [-0.2, -0.15) is 4.98 Å². The van der Waals surface area contributed by atoms with Gasteiger partial charge in [0.15, 0.2) is 17.3 Å². The molecule has 2 aliphatic carbocycles. The highest BCUT2D eigenvalue weighted by Gasteiger charge is 2.46. The molecule has 1 unspecified atom stereocenters. The molecule has 6 nitrogen and oxygen atoms in total. The molecule has 8 heteroatoms. The van der Waals surface area contributed by atoms with Gasteiger partial charge in [-0.3, -0.25) is 0 Å². The summed E-state index contributed by atoms with van der Waals surface area (Å²) in [5, 5.41) is 7.94. The maximum Gasteiger partial charge on any atom is 0.586 e. The molecule has 0 spiro atoms. The molecule has 0 bridgehead atoms. The number of fused-ring (bicyclic) bond motifs is 1. The monoisotopic (exact) mass is 425 g/mol. The van der Waals surface area contributed by atoms with E-state index in [1.807, 2.05) is 6.07 Å². The summed E-state index contributed by atoms with van der Waals surface area (Å²) in [5.74, 6) is 1.47. The highest BCUT2D eigenvalue weighted by Crippen LogP contribution is 2.46. The zero-order chi connectivity index (χ0) is 21.1. The number of halogens is 2. The van der Waals surface area contributed by atoms with Gasteiger partial charge in [0.05, 0.1) is 0 Å². The lowest BCUT2D eigenvalue weighted by molar-refractivity contribution is -0.286. The lowest BCUT2D eigenvalue weighted by atomic mass is 9.68. The lowest BCUT2D eigenvalue weighted by Crippen LogP contribution is -2.45. The van der Waals surface area contributed by atoms with Gasteiger partial charge in [0, 0.05) is 29.5 Å². The van der Waals surface area contributed by atoms with Crippen molar-refractivity contribution in [1.29, 1.82) is 0 Å². The largest absolute Gasteiger partial charge is 0.586 e. The van der Waals surface area contributed by atoms with Gasteiger partial charge < -0.3 is 19.3 Å². The maximum absolute atomic E-state index is 13.3. The van der Waals surface area contributed by atoms with E-state index >= 15 is 0 Å². The summed E-state index contributed by atoms with van der Waals surface area (Å²) in [7, 11) is 0. The number of ether oxygens (including phenoxy) is 2. The van der Waals surface area contributed by atoms with Crippen molar-refractivity contribution in [2.45, 2.75) is 49.4 Å². The van der Waals surface area contributed by atoms with E-state index in [0.717, 1.165) is 32.2 Å². The quantitative estimate of drug-likeness (QED) is 0.621. The van der Waals surface area contributed by atoms with E-state index in [4.69, 9.17) is 4.52 Å². The smallest absolute Gasteiger partial charge is 0.395 e. The van der Waals surface area contributed by atoms with E-state index in [-0.39, 0.29) is 22.8 Å². The Morgan fingerprint density at radius 2 is 1.84 bits per heavy atom. The summed E-state index contributed by atoms with van der Waals surface area (Å²) >= 11 is 0. The third-order valence-corrected chi connectivity index (χ3v) is 6.58. The molecule has 1 aliphatic heterocycles. The number of aromatic nitrogens is 2. The van der Waals surface area contributed by atoms with Crippen molar-refractivity contribution in [2.24, 2.45) is 0 Å². The topological polar surface area (TPSA) is 69.4 Å². The minimum Gasteiger partial charge on any atom is -0.395 e.